The smallest absolute Gasteiger partial charge is 0.340 e. The van der Waals surface area contributed by atoms with E-state index in [0.29, 0.717) is 11.3 Å². The first-order chi connectivity index (χ1) is 13.8. The van der Waals surface area contributed by atoms with Crippen molar-refractivity contribution in [3.8, 4) is 0 Å². The molecule has 0 aliphatic heterocycles. The van der Waals surface area contributed by atoms with E-state index in [4.69, 9.17) is 21.1 Å². The summed E-state index contributed by atoms with van der Waals surface area (Å²) in [6.45, 7) is 4.19. The van der Waals surface area contributed by atoms with Crippen LogP contribution in [0.25, 0.3) is 0 Å². The first-order valence-electron chi connectivity index (χ1n) is 8.84. The zero-order valence-electron chi connectivity index (χ0n) is 16.3. The maximum Gasteiger partial charge on any atom is 0.340 e. The predicted octanol–water partition coefficient (Wildman–Crippen LogP) is 2.62. The minimum absolute atomic E-state index is 0.165. The second kappa shape index (κ2) is 9.88. The zero-order valence-corrected chi connectivity index (χ0v) is 17.0. The van der Waals surface area contributed by atoms with Crippen molar-refractivity contribution in [3.63, 3.8) is 0 Å². The van der Waals surface area contributed by atoms with Gasteiger partial charge in [0.2, 0.25) is 5.78 Å². The quantitative estimate of drug-likeness (QED) is 0.501. The van der Waals surface area contributed by atoms with E-state index in [1.807, 2.05) is 0 Å². The van der Waals surface area contributed by atoms with Gasteiger partial charge < -0.3 is 19.8 Å². The molecule has 0 aliphatic rings. The van der Waals surface area contributed by atoms with E-state index in [1.165, 1.54) is 6.07 Å². The van der Waals surface area contributed by atoms with Crippen LogP contribution in [0.1, 0.15) is 49.4 Å². The van der Waals surface area contributed by atoms with Crippen molar-refractivity contribution in [2.24, 2.45) is 0 Å². The second-order valence-corrected chi connectivity index (χ2v) is 6.50. The number of Topliss-reactive ketones (excluding diaryl/α,β-unsaturated/α-hetero) is 1. The lowest BCUT2D eigenvalue weighted by Gasteiger charge is -2.07. The topological polar surface area (TPSA) is 115 Å². The number of amides is 1. The van der Waals surface area contributed by atoms with Crippen molar-refractivity contribution in [2.75, 3.05) is 19.8 Å². The molecule has 2 rings (SSSR count). The molecule has 2 aromatic rings. The van der Waals surface area contributed by atoms with Crippen LogP contribution in [0.2, 0.25) is 5.02 Å². The lowest BCUT2D eigenvalue weighted by Crippen LogP contribution is -2.31. The van der Waals surface area contributed by atoms with E-state index in [0.717, 1.165) is 0 Å². The maximum absolute atomic E-state index is 12.4. The van der Waals surface area contributed by atoms with Crippen LogP contribution in [-0.4, -0.2) is 48.4 Å². The Bertz CT molecular complexity index is 950. The lowest BCUT2D eigenvalue weighted by molar-refractivity contribution is -0.141. The number of esters is 2. The van der Waals surface area contributed by atoms with Gasteiger partial charge in [0.25, 0.3) is 5.91 Å². The molecule has 0 saturated heterocycles. The summed E-state index contributed by atoms with van der Waals surface area (Å²) in [6.07, 6.45) is 0. The molecule has 0 radical (unpaired) electrons. The summed E-state index contributed by atoms with van der Waals surface area (Å²) in [6, 6.07) is 6.39. The maximum atomic E-state index is 12.4. The molecule has 1 heterocycles. The van der Waals surface area contributed by atoms with Crippen LogP contribution < -0.4 is 5.32 Å². The average Bonchev–Trinajstić information content (AvgIpc) is 2.99. The third-order valence-electron chi connectivity index (χ3n) is 4.07. The molecule has 154 valence electrons. The number of ketones is 1. The zero-order chi connectivity index (χ0) is 21.6. The molecule has 0 atom stereocenters. The average molecular weight is 421 g/mol. The third-order valence-corrected chi connectivity index (χ3v) is 4.40. The van der Waals surface area contributed by atoms with E-state index in [1.54, 1.807) is 39.0 Å². The minimum atomic E-state index is -0.787. The van der Waals surface area contributed by atoms with E-state index in [-0.39, 0.29) is 28.5 Å². The predicted molar refractivity (Wildman–Crippen MR) is 105 cm³/mol. The molecule has 0 unspecified atom stereocenters. The van der Waals surface area contributed by atoms with Gasteiger partial charge in [0, 0.05) is 5.69 Å². The first-order valence-corrected chi connectivity index (χ1v) is 9.21. The Balaban J connectivity index is 1.91. The van der Waals surface area contributed by atoms with Crippen LogP contribution >= 0.6 is 11.6 Å². The van der Waals surface area contributed by atoms with Crippen molar-refractivity contribution in [1.82, 2.24) is 10.3 Å². The summed E-state index contributed by atoms with van der Waals surface area (Å²) in [5, 5.41) is 2.63. The SMILES string of the molecule is CCOC(=O)c1c(C)[nH]c(C(=O)COC(=O)CNC(=O)c2ccccc2Cl)c1C. The molecule has 9 heteroatoms. The number of hydrogen-bond donors (Lipinski definition) is 2. The Kier molecular flexibility index (Phi) is 7.55. The molecule has 1 aromatic carbocycles. The highest BCUT2D eigenvalue weighted by molar-refractivity contribution is 6.33. The molecular weight excluding hydrogens is 400 g/mol. The molecule has 0 aliphatic carbocycles. The normalized spacial score (nSPS) is 10.3. The summed E-state index contributed by atoms with van der Waals surface area (Å²) >= 11 is 5.92. The molecule has 29 heavy (non-hydrogen) atoms. The Morgan fingerprint density at radius 2 is 1.79 bits per heavy atom. The van der Waals surface area contributed by atoms with Crippen LogP contribution in [0.15, 0.2) is 24.3 Å². The van der Waals surface area contributed by atoms with E-state index in [9.17, 15) is 19.2 Å². The largest absolute Gasteiger partial charge is 0.462 e. The third kappa shape index (κ3) is 5.45. The van der Waals surface area contributed by atoms with Crippen molar-refractivity contribution < 1.29 is 28.7 Å². The number of carbonyl (C=O) groups excluding carboxylic acids is 4. The van der Waals surface area contributed by atoms with Crippen LogP contribution in [0.3, 0.4) is 0 Å². The van der Waals surface area contributed by atoms with E-state index in [2.05, 4.69) is 10.3 Å². The van der Waals surface area contributed by atoms with Gasteiger partial charge in [-0.1, -0.05) is 23.7 Å². The Morgan fingerprint density at radius 3 is 2.45 bits per heavy atom. The summed E-state index contributed by atoms with van der Waals surface area (Å²) in [5.41, 5.74) is 1.59. The fraction of sp³-hybridized carbons (Fsp3) is 0.300. The molecule has 1 amide bonds. The van der Waals surface area contributed by atoms with Gasteiger partial charge in [-0.2, -0.15) is 0 Å². The van der Waals surface area contributed by atoms with Crippen molar-refractivity contribution in [2.45, 2.75) is 20.8 Å². The molecule has 1 aromatic heterocycles. The number of aryl methyl sites for hydroxylation is 1. The molecule has 0 saturated carbocycles. The number of rotatable bonds is 8. The number of halogens is 1. The van der Waals surface area contributed by atoms with Crippen LogP contribution in [0.5, 0.6) is 0 Å². The molecule has 0 fully saturated rings. The van der Waals surface area contributed by atoms with Crippen molar-refractivity contribution in [1.29, 1.82) is 0 Å². The number of H-pyrrole nitrogens is 1. The van der Waals surface area contributed by atoms with Gasteiger partial charge in [-0.25, -0.2) is 4.79 Å². The summed E-state index contributed by atoms with van der Waals surface area (Å²) in [4.78, 5) is 51.0. The number of nitrogens with one attached hydrogen (secondary N) is 2. The highest BCUT2D eigenvalue weighted by atomic mass is 35.5. The summed E-state index contributed by atoms with van der Waals surface area (Å²) < 4.78 is 9.89. The van der Waals surface area contributed by atoms with Crippen LogP contribution in [-0.2, 0) is 14.3 Å². The molecule has 0 bridgehead atoms. The van der Waals surface area contributed by atoms with Gasteiger partial charge in [-0.05, 0) is 38.5 Å². The Labute approximate surface area is 172 Å². The molecule has 0 spiro atoms. The highest BCUT2D eigenvalue weighted by Gasteiger charge is 2.23. The molecule has 2 N–H and O–H groups in total. The van der Waals surface area contributed by atoms with Crippen LogP contribution in [0.4, 0.5) is 0 Å². The summed E-state index contributed by atoms with van der Waals surface area (Å²) in [5.74, 6) is -2.36. The fourth-order valence-corrected chi connectivity index (χ4v) is 2.92. The van der Waals surface area contributed by atoms with Gasteiger partial charge in [0.1, 0.15) is 6.54 Å². The van der Waals surface area contributed by atoms with Crippen molar-refractivity contribution >= 4 is 35.2 Å². The first kappa shape index (κ1) is 22.2. The monoisotopic (exact) mass is 420 g/mol. The van der Waals surface area contributed by atoms with Crippen molar-refractivity contribution in [3.05, 3.63) is 57.4 Å². The number of ether oxygens (including phenoxy) is 2. The van der Waals surface area contributed by atoms with Crippen LogP contribution in [0, 0.1) is 13.8 Å². The van der Waals surface area contributed by atoms with Gasteiger partial charge in [0.05, 0.1) is 28.5 Å². The number of carbonyl (C=O) groups is 4. The number of aromatic nitrogens is 1. The van der Waals surface area contributed by atoms with Gasteiger partial charge in [-0.3, -0.25) is 14.4 Å². The molecule has 8 nitrogen and oxygen atoms in total. The van der Waals surface area contributed by atoms with E-state index < -0.39 is 36.8 Å². The minimum Gasteiger partial charge on any atom is -0.462 e. The Hall–Kier alpha value is -3.13. The lowest BCUT2D eigenvalue weighted by atomic mass is 10.1. The molecular formula is C20H21ClN2O6. The second-order valence-electron chi connectivity index (χ2n) is 6.09. The van der Waals surface area contributed by atoms with Gasteiger partial charge in [0.15, 0.2) is 6.61 Å². The Morgan fingerprint density at radius 1 is 1.10 bits per heavy atom. The summed E-state index contributed by atoms with van der Waals surface area (Å²) in [7, 11) is 0. The van der Waals surface area contributed by atoms with E-state index >= 15 is 0 Å². The standard InChI is InChI=1S/C20H21ClN2O6/c1-4-28-20(27)17-11(2)18(23-12(17)3)15(24)10-29-16(25)9-22-19(26)13-7-5-6-8-14(13)21/h5-8,23H,4,9-10H2,1-3H3,(H,22,26). The number of hydrogen-bond acceptors (Lipinski definition) is 6. The van der Waals surface area contributed by atoms with Gasteiger partial charge >= 0.3 is 11.9 Å². The highest BCUT2D eigenvalue weighted by Crippen LogP contribution is 2.19. The number of benzene rings is 1. The van der Waals surface area contributed by atoms with Gasteiger partial charge in [-0.15, -0.1) is 0 Å². The number of aromatic amines is 1. The fourth-order valence-electron chi connectivity index (χ4n) is 2.70.